The fourth-order valence-electron chi connectivity index (χ4n) is 4.83. The van der Waals surface area contributed by atoms with E-state index >= 15 is 0 Å². The first-order valence-corrected chi connectivity index (χ1v) is 12.6. The molecule has 0 radical (unpaired) electrons. The van der Waals surface area contributed by atoms with Crippen LogP contribution in [0.2, 0.25) is 0 Å². The minimum absolute atomic E-state index is 0.0356. The summed E-state index contributed by atoms with van der Waals surface area (Å²) < 4.78 is 11.4. The number of nitrogens with one attached hydrogen (secondary N) is 1. The minimum atomic E-state index is -0.0622. The van der Waals surface area contributed by atoms with Crippen LogP contribution in [0.4, 0.5) is 11.4 Å². The third-order valence-corrected chi connectivity index (χ3v) is 6.72. The molecule has 182 valence electrons. The smallest absolute Gasteiger partial charge is 0.265 e. The van der Waals surface area contributed by atoms with Crippen LogP contribution >= 0.6 is 0 Å². The normalized spacial score (nSPS) is 16.0. The zero-order chi connectivity index (χ0) is 23.8. The van der Waals surface area contributed by atoms with Crippen molar-refractivity contribution in [1.29, 1.82) is 0 Å². The maximum absolute atomic E-state index is 12.6. The van der Waals surface area contributed by atoms with Crippen molar-refractivity contribution in [3.8, 4) is 11.5 Å². The summed E-state index contributed by atoms with van der Waals surface area (Å²) in [5, 5.41) is 3.01. The zero-order valence-electron chi connectivity index (χ0n) is 20.2. The molecular formula is C28H36N2O4. The van der Waals surface area contributed by atoms with Crippen molar-refractivity contribution in [2.24, 2.45) is 5.92 Å². The molecular weight excluding hydrogens is 428 g/mol. The predicted octanol–water partition coefficient (Wildman–Crippen LogP) is 5.88. The summed E-state index contributed by atoms with van der Waals surface area (Å²) in [6.45, 7) is 3.28. The first kappa shape index (κ1) is 24.1. The fourth-order valence-corrected chi connectivity index (χ4v) is 4.83. The van der Waals surface area contributed by atoms with E-state index in [0.717, 1.165) is 30.7 Å². The SMILES string of the molecule is Cc1cccc(OCCCCN2C(=O)COc3ccc(NC(=O)CCC4CCCCC4)cc32)c1. The number of amides is 2. The van der Waals surface area contributed by atoms with Gasteiger partial charge in [0.1, 0.15) is 11.5 Å². The molecule has 2 aromatic rings. The molecule has 1 aliphatic heterocycles. The molecule has 2 aromatic carbocycles. The van der Waals surface area contributed by atoms with Crippen LogP contribution in [0.1, 0.15) is 63.4 Å². The molecule has 6 nitrogen and oxygen atoms in total. The highest BCUT2D eigenvalue weighted by molar-refractivity contribution is 5.99. The Morgan fingerprint density at radius 3 is 2.79 bits per heavy atom. The summed E-state index contributed by atoms with van der Waals surface area (Å²) in [7, 11) is 0. The second kappa shape index (κ2) is 11.9. The van der Waals surface area contributed by atoms with Gasteiger partial charge in [-0.3, -0.25) is 9.59 Å². The van der Waals surface area contributed by atoms with Crippen molar-refractivity contribution in [3.05, 3.63) is 48.0 Å². The van der Waals surface area contributed by atoms with E-state index in [-0.39, 0.29) is 18.4 Å². The lowest BCUT2D eigenvalue weighted by Crippen LogP contribution is -2.39. The topological polar surface area (TPSA) is 67.9 Å². The van der Waals surface area contributed by atoms with E-state index in [1.807, 2.05) is 49.4 Å². The zero-order valence-corrected chi connectivity index (χ0v) is 20.2. The maximum Gasteiger partial charge on any atom is 0.265 e. The van der Waals surface area contributed by atoms with Crippen LogP contribution < -0.4 is 19.7 Å². The number of hydrogen-bond acceptors (Lipinski definition) is 4. The standard InChI is InChI=1S/C28H36N2O4/c1-21-8-7-11-24(18-21)33-17-6-5-16-30-25-19-23(13-14-26(25)34-20-28(30)32)29-27(31)15-12-22-9-3-2-4-10-22/h7-8,11,13-14,18-19,22H,2-6,9-10,12,15-17,20H2,1H3,(H,29,31). The second-order valence-electron chi connectivity index (χ2n) is 9.48. The summed E-state index contributed by atoms with van der Waals surface area (Å²) in [5.74, 6) is 2.20. The third-order valence-electron chi connectivity index (χ3n) is 6.72. The van der Waals surface area contributed by atoms with E-state index < -0.39 is 0 Å². The Hall–Kier alpha value is -3.02. The van der Waals surface area contributed by atoms with Crippen LogP contribution in [-0.4, -0.2) is 31.6 Å². The van der Waals surface area contributed by atoms with Gasteiger partial charge in [0.2, 0.25) is 5.91 Å². The number of fused-ring (bicyclic) bond motifs is 1. The fraction of sp³-hybridized carbons (Fsp3) is 0.500. The van der Waals surface area contributed by atoms with Crippen LogP contribution in [0.25, 0.3) is 0 Å². The lowest BCUT2D eigenvalue weighted by atomic mass is 9.86. The quantitative estimate of drug-likeness (QED) is 0.446. The van der Waals surface area contributed by atoms with E-state index in [1.54, 1.807) is 4.90 Å². The Kier molecular flexibility index (Phi) is 8.45. The number of rotatable bonds is 10. The average Bonchev–Trinajstić information content (AvgIpc) is 2.84. The number of carbonyl (C=O) groups is 2. The molecule has 34 heavy (non-hydrogen) atoms. The predicted molar refractivity (Wildman–Crippen MR) is 135 cm³/mol. The van der Waals surface area contributed by atoms with Gasteiger partial charge in [-0.05, 0) is 68.0 Å². The molecule has 0 atom stereocenters. The number of carbonyl (C=O) groups excluding carboxylic acids is 2. The van der Waals surface area contributed by atoms with Gasteiger partial charge in [-0.15, -0.1) is 0 Å². The van der Waals surface area contributed by atoms with E-state index in [1.165, 1.54) is 37.7 Å². The highest BCUT2D eigenvalue weighted by Gasteiger charge is 2.25. The lowest BCUT2D eigenvalue weighted by Gasteiger charge is -2.30. The van der Waals surface area contributed by atoms with Gasteiger partial charge in [-0.25, -0.2) is 0 Å². The van der Waals surface area contributed by atoms with Crippen molar-refractivity contribution >= 4 is 23.2 Å². The van der Waals surface area contributed by atoms with Crippen LogP contribution in [0, 0.1) is 12.8 Å². The van der Waals surface area contributed by atoms with E-state index in [9.17, 15) is 9.59 Å². The van der Waals surface area contributed by atoms with Gasteiger partial charge in [0.05, 0.1) is 12.3 Å². The summed E-state index contributed by atoms with van der Waals surface area (Å²) in [6, 6.07) is 13.6. The Labute approximate surface area is 202 Å². The Balaban J connectivity index is 1.28. The van der Waals surface area contributed by atoms with Crippen LogP contribution in [0.15, 0.2) is 42.5 Å². The number of anilines is 2. The number of benzene rings is 2. The van der Waals surface area contributed by atoms with Gasteiger partial charge in [0.15, 0.2) is 6.61 Å². The summed E-state index contributed by atoms with van der Waals surface area (Å²) >= 11 is 0. The molecule has 0 unspecified atom stereocenters. The molecule has 2 amide bonds. The van der Waals surface area contributed by atoms with Crippen LogP contribution in [-0.2, 0) is 9.59 Å². The molecule has 0 bridgehead atoms. The molecule has 1 aliphatic carbocycles. The molecule has 0 spiro atoms. The van der Waals surface area contributed by atoms with Crippen molar-refractivity contribution < 1.29 is 19.1 Å². The van der Waals surface area contributed by atoms with E-state index in [2.05, 4.69) is 5.32 Å². The third kappa shape index (κ3) is 6.75. The van der Waals surface area contributed by atoms with Crippen molar-refractivity contribution in [2.45, 2.75) is 64.7 Å². The summed E-state index contributed by atoms with van der Waals surface area (Å²) in [4.78, 5) is 26.9. The average molecular weight is 465 g/mol. The second-order valence-corrected chi connectivity index (χ2v) is 9.48. The summed E-state index contributed by atoms with van der Waals surface area (Å²) in [6.07, 6.45) is 9.55. The van der Waals surface area contributed by atoms with Crippen LogP contribution in [0.5, 0.6) is 11.5 Å². The molecule has 1 N–H and O–H groups in total. The minimum Gasteiger partial charge on any atom is -0.494 e. The van der Waals surface area contributed by atoms with Gasteiger partial charge in [0, 0.05) is 18.7 Å². The highest BCUT2D eigenvalue weighted by atomic mass is 16.5. The first-order valence-electron chi connectivity index (χ1n) is 12.6. The van der Waals surface area contributed by atoms with E-state index in [0.29, 0.717) is 36.9 Å². The van der Waals surface area contributed by atoms with Gasteiger partial charge in [0.25, 0.3) is 5.91 Å². The lowest BCUT2D eigenvalue weighted by molar-refractivity contribution is -0.121. The van der Waals surface area contributed by atoms with Gasteiger partial charge in [-0.1, -0.05) is 44.2 Å². The molecule has 4 rings (SSSR count). The van der Waals surface area contributed by atoms with Gasteiger partial charge >= 0.3 is 0 Å². The Morgan fingerprint density at radius 1 is 1.12 bits per heavy atom. The molecule has 6 heteroatoms. The van der Waals surface area contributed by atoms with Crippen molar-refractivity contribution in [1.82, 2.24) is 0 Å². The molecule has 1 saturated carbocycles. The first-order chi connectivity index (χ1) is 16.6. The number of unbranched alkanes of at least 4 members (excludes halogenated alkanes) is 1. The van der Waals surface area contributed by atoms with Crippen LogP contribution in [0.3, 0.4) is 0 Å². The van der Waals surface area contributed by atoms with Crippen molar-refractivity contribution in [3.63, 3.8) is 0 Å². The Morgan fingerprint density at radius 2 is 1.97 bits per heavy atom. The molecule has 2 aliphatic rings. The summed E-state index contributed by atoms with van der Waals surface area (Å²) in [5.41, 5.74) is 2.60. The number of hydrogen-bond donors (Lipinski definition) is 1. The molecule has 1 fully saturated rings. The number of nitrogens with zero attached hydrogens (tertiary/aromatic N) is 1. The van der Waals surface area contributed by atoms with Gasteiger partial charge < -0.3 is 19.7 Å². The highest BCUT2D eigenvalue weighted by Crippen LogP contribution is 2.35. The maximum atomic E-state index is 12.6. The monoisotopic (exact) mass is 464 g/mol. The van der Waals surface area contributed by atoms with E-state index in [4.69, 9.17) is 9.47 Å². The van der Waals surface area contributed by atoms with Gasteiger partial charge in [-0.2, -0.15) is 0 Å². The molecule has 0 aromatic heterocycles. The molecule has 1 heterocycles. The largest absolute Gasteiger partial charge is 0.494 e. The molecule has 0 saturated heterocycles. The Bertz CT molecular complexity index is 984. The number of aryl methyl sites for hydroxylation is 1. The van der Waals surface area contributed by atoms with Crippen molar-refractivity contribution in [2.75, 3.05) is 30.0 Å². The number of ether oxygens (including phenoxy) is 2.